The molecular weight excluding hydrogens is 392 g/mol. The molecule has 30 heavy (non-hydrogen) atoms. The van der Waals surface area contributed by atoms with E-state index >= 15 is 0 Å². The number of nitrogens with zero attached hydrogens (tertiary/aromatic N) is 3. The second kappa shape index (κ2) is 7.06. The molecule has 0 radical (unpaired) electrons. The van der Waals surface area contributed by atoms with Crippen LogP contribution in [-0.2, 0) is 12.8 Å². The topological polar surface area (TPSA) is 59.8 Å². The molecule has 0 fully saturated rings. The highest BCUT2D eigenvalue weighted by Crippen LogP contribution is 2.40. The number of thiazole rings is 1. The molecule has 6 heteroatoms. The lowest BCUT2D eigenvalue weighted by Crippen LogP contribution is -2.28. The minimum atomic E-state index is -0.0986. The minimum Gasteiger partial charge on any atom is -0.338 e. The zero-order valence-electron chi connectivity index (χ0n) is 17.4. The zero-order valence-corrected chi connectivity index (χ0v) is 18.2. The summed E-state index contributed by atoms with van der Waals surface area (Å²) in [4.78, 5) is 17.9. The number of fused-ring (bicyclic) bond motifs is 2. The van der Waals surface area contributed by atoms with Crippen molar-refractivity contribution in [2.75, 3.05) is 5.32 Å². The molecule has 0 saturated carbocycles. The number of aromatic nitrogens is 3. The summed E-state index contributed by atoms with van der Waals surface area (Å²) in [7, 11) is 0. The summed E-state index contributed by atoms with van der Waals surface area (Å²) in [6, 6.07) is 16.4. The van der Waals surface area contributed by atoms with Crippen LogP contribution in [0.25, 0.3) is 15.3 Å². The number of anilines is 2. The van der Waals surface area contributed by atoms with Crippen molar-refractivity contribution in [1.29, 1.82) is 0 Å². The number of para-hydroxylation sites is 1. The maximum Gasteiger partial charge on any atom is 0.211 e. The van der Waals surface area contributed by atoms with Crippen molar-refractivity contribution < 1.29 is 4.79 Å². The lowest BCUT2D eigenvalue weighted by molar-refractivity contribution is 0.0912. The van der Waals surface area contributed by atoms with Crippen LogP contribution in [0.2, 0.25) is 0 Å². The Kier molecular flexibility index (Phi) is 4.47. The van der Waals surface area contributed by atoms with Gasteiger partial charge in [-0.2, -0.15) is 0 Å². The van der Waals surface area contributed by atoms with Gasteiger partial charge in [-0.05, 0) is 48.1 Å². The van der Waals surface area contributed by atoms with Crippen LogP contribution in [0.4, 0.5) is 11.5 Å². The zero-order chi connectivity index (χ0) is 20.9. The van der Waals surface area contributed by atoms with Crippen LogP contribution in [0.15, 0.2) is 48.5 Å². The van der Waals surface area contributed by atoms with Crippen molar-refractivity contribution >= 4 is 38.8 Å². The fourth-order valence-corrected chi connectivity index (χ4v) is 5.05. The van der Waals surface area contributed by atoms with E-state index in [0.29, 0.717) is 17.8 Å². The van der Waals surface area contributed by atoms with Crippen molar-refractivity contribution in [3.8, 4) is 5.13 Å². The van der Waals surface area contributed by atoms with E-state index in [-0.39, 0.29) is 11.2 Å². The molecule has 2 heterocycles. The van der Waals surface area contributed by atoms with Gasteiger partial charge < -0.3 is 5.32 Å². The molecule has 1 aliphatic carbocycles. The van der Waals surface area contributed by atoms with E-state index in [2.05, 4.69) is 44.3 Å². The first-order chi connectivity index (χ1) is 14.4. The molecule has 4 aromatic rings. The lowest BCUT2D eigenvalue weighted by Gasteiger charge is -2.28. The van der Waals surface area contributed by atoms with Crippen molar-refractivity contribution in [3.05, 3.63) is 65.4 Å². The third-order valence-corrected chi connectivity index (χ3v) is 6.65. The molecule has 0 amide bonds. The highest BCUT2D eigenvalue weighted by atomic mass is 32.1. The number of ketones is 1. The average molecular weight is 417 g/mol. The summed E-state index contributed by atoms with van der Waals surface area (Å²) in [5, 5.41) is 9.03. The quantitative estimate of drug-likeness (QED) is 0.447. The number of hydrogen-bond acceptors (Lipinski definition) is 5. The number of carbonyl (C=O) groups excluding carboxylic acids is 1. The highest BCUT2D eigenvalue weighted by molar-refractivity contribution is 7.20. The van der Waals surface area contributed by atoms with Crippen molar-refractivity contribution in [1.82, 2.24) is 14.8 Å². The molecule has 1 aliphatic rings. The largest absolute Gasteiger partial charge is 0.338 e. The Bertz CT molecular complexity index is 1220. The Morgan fingerprint density at radius 3 is 2.60 bits per heavy atom. The molecule has 1 N–H and O–H groups in total. The first-order valence-corrected chi connectivity index (χ1v) is 11.1. The number of benzene rings is 2. The fourth-order valence-electron chi connectivity index (χ4n) is 4.10. The van der Waals surface area contributed by atoms with Gasteiger partial charge in [0, 0.05) is 12.1 Å². The third-order valence-electron chi connectivity index (χ3n) is 5.63. The van der Waals surface area contributed by atoms with Gasteiger partial charge in [-0.1, -0.05) is 56.4 Å². The van der Waals surface area contributed by atoms with E-state index in [1.807, 2.05) is 35.0 Å². The van der Waals surface area contributed by atoms with Crippen molar-refractivity contribution in [2.45, 2.75) is 40.0 Å². The van der Waals surface area contributed by atoms with Crippen LogP contribution < -0.4 is 5.32 Å². The maximum absolute atomic E-state index is 13.1. The van der Waals surface area contributed by atoms with E-state index in [4.69, 9.17) is 10.1 Å². The maximum atomic E-state index is 13.1. The molecule has 5 rings (SSSR count). The van der Waals surface area contributed by atoms with E-state index in [0.717, 1.165) is 39.6 Å². The van der Waals surface area contributed by atoms with Gasteiger partial charge in [-0.25, -0.2) is 9.67 Å². The normalized spacial score (nSPS) is 15.4. The van der Waals surface area contributed by atoms with Crippen molar-refractivity contribution in [2.24, 2.45) is 5.41 Å². The van der Waals surface area contributed by atoms with Crippen LogP contribution in [0, 0.1) is 5.41 Å². The van der Waals surface area contributed by atoms with Gasteiger partial charge in [0.1, 0.15) is 0 Å². The van der Waals surface area contributed by atoms with Crippen LogP contribution in [0.3, 0.4) is 0 Å². The fraction of sp³-hybridized carbons (Fsp3) is 0.292. The summed E-state index contributed by atoms with van der Waals surface area (Å²) in [6.07, 6.45) is 2.30. The van der Waals surface area contributed by atoms with Crippen LogP contribution in [0.5, 0.6) is 0 Å². The molecule has 0 aliphatic heterocycles. The SMILES string of the molecule is CCc1ccc(Nc2nn(-c3nc4ccccc4s3)c3c2C(=O)CC(C)(C)C3)cc1. The number of rotatable bonds is 4. The Labute approximate surface area is 179 Å². The molecular formula is C24H24N4OS. The Morgan fingerprint density at radius 2 is 1.87 bits per heavy atom. The second-order valence-electron chi connectivity index (χ2n) is 8.66. The average Bonchev–Trinajstić information content (AvgIpc) is 3.29. The van der Waals surface area contributed by atoms with Gasteiger partial charge in [-0.15, -0.1) is 5.10 Å². The molecule has 0 atom stereocenters. The van der Waals surface area contributed by atoms with Gasteiger partial charge >= 0.3 is 0 Å². The molecule has 5 nitrogen and oxygen atoms in total. The first-order valence-electron chi connectivity index (χ1n) is 10.3. The van der Waals surface area contributed by atoms with Crippen molar-refractivity contribution in [3.63, 3.8) is 0 Å². The van der Waals surface area contributed by atoms with Gasteiger partial charge in [0.15, 0.2) is 11.6 Å². The number of aryl methyl sites for hydroxylation is 1. The van der Waals surface area contributed by atoms with Gasteiger partial charge in [0.05, 0.1) is 21.5 Å². The Balaban J connectivity index is 1.63. The molecule has 0 bridgehead atoms. The minimum absolute atomic E-state index is 0.0986. The predicted octanol–water partition coefficient (Wildman–Crippen LogP) is 5.94. The molecule has 0 spiro atoms. The van der Waals surface area contributed by atoms with E-state index in [1.54, 1.807) is 11.3 Å². The molecule has 2 aromatic heterocycles. The summed E-state index contributed by atoms with van der Waals surface area (Å²) in [5.74, 6) is 0.760. The molecule has 2 aromatic carbocycles. The van der Waals surface area contributed by atoms with Gasteiger partial charge in [0.2, 0.25) is 5.13 Å². The number of carbonyl (C=O) groups is 1. The molecule has 0 saturated heterocycles. The molecule has 152 valence electrons. The standard InChI is InChI=1S/C24H24N4OS/c1-4-15-9-11-16(12-10-15)25-22-21-18(13-24(2,3)14-19(21)29)28(27-22)23-26-17-7-5-6-8-20(17)30-23/h5-12H,4,13-14H2,1-3H3,(H,25,27). The first kappa shape index (κ1) is 19.0. The highest BCUT2D eigenvalue weighted by Gasteiger charge is 2.37. The smallest absolute Gasteiger partial charge is 0.211 e. The predicted molar refractivity (Wildman–Crippen MR) is 122 cm³/mol. The number of hydrogen-bond donors (Lipinski definition) is 1. The summed E-state index contributed by atoms with van der Waals surface area (Å²) >= 11 is 1.60. The lowest BCUT2D eigenvalue weighted by atomic mass is 9.76. The summed E-state index contributed by atoms with van der Waals surface area (Å²) in [5.41, 5.74) is 4.71. The summed E-state index contributed by atoms with van der Waals surface area (Å²) in [6.45, 7) is 6.42. The van der Waals surface area contributed by atoms with E-state index in [1.165, 1.54) is 5.56 Å². The Morgan fingerprint density at radius 1 is 1.10 bits per heavy atom. The van der Waals surface area contributed by atoms with Gasteiger partial charge in [0.25, 0.3) is 0 Å². The van der Waals surface area contributed by atoms with E-state index in [9.17, 15) is 4.79 Å². The van der Waals surface area contributed by atoms with Crippen LogP contribution >= 0.6 is 11.3 Å². The van der Waals surface area contributed by atoms with Crippen LogP contribution in [-0.4, -0.2) is 20.5 Å². The number of nitrogens with one attached hydrogen (secondary N) is 1. The van der Waals surface area contributed by atoms with Crippen LogP contribution in [0.1, 0.15) is 48.8 Å². The second-order valence-corrected chi connectivity index (χ2v) is 9.67. The monoisotopic (exact) mass is 416 g/mol. The summed E-state index contributed by atoms with van der Waals surface area (Å²) < 4.78 is 2.99. The van der Waals surface area contributed by atoms with E-state index < -0.39 is 0 Å². The molecule has 0 unspecified atom stereocenters. The third kappa shape index (κ3) is 3.31. The van der Waals surface area contributed by atoms with Gasteiger partial charge in [-0.3, -0.25) is 4.79 Å². The number of Topliss-reactive ketones (excluding diaryl/α,β-unsaturated/α-hetero) is 1. The Hall–Kier alpha value is -2.99.